The van der Waals surface area contributed by atoms with Crippen LogP contribution in [0.3, 0.4) is 0 Å². The molecule has 7 nitrogen and oxygen atoms in total. The molecule has 1 amide bonds. The normalized spacial score (nSPS) is 12.1. The van der Waals surface area contributed by atoms with Gasteiger partial charge in [0.1, 0.15) is 0 Å². The van der Waals surface area contributed by atoms with E-state index in [1.54, 1.807) is 41.2 Å². The number of nitrogens with one attached hydrogen (secondary N) is 1. The van der Waals surface area contributed by atoms with Crippen molar-refractivity contribution in [1.82, 2.24) is 15.1 Å². The van der Waals surface area contributed by atoms with Gasteiger partial charge in [0.2, 0.25) is 0 Å². The molecule has 0 aliphatic carbocycles. The lowest BCUT2D eigenvalue weighted by Crippen LogP contribution is -2.34. The number of aliphatic hydroxyl groups is 2. The van der Waals surface area contributed by atoms with Crippen molar-refractivity contribution in [3.05, 3.63) is 42.2 Å². The molecule has 7 heteroatoms. The van der Waals surface area contributed by atoms with Gasteiger partial charge in [0.25, 0.3) is 5.91 Å². The first-order valence-corrected chi connectivity index (χ1v) is 6.09. The summed E-state index contributed by atoms with van der Waals surface area (Å²) < 4.78 is 1.55. The zero-order valence-corrected chi connectivity index (χ0v) is 10.7. The van der Waals surface area contributed by atoms with Crippen LogP contribution in [0.15, 0.2) is 36.5 Å². The number of nitrogen functional groups attached to an aromatic ring is 1. The molecule has 106 valence electrons. The van der Waals surface area contributed by atoms with Gasteiger partial charge in [0, 0.05) is 18.4 Å². The quantitative estimate of drug-likeness (QED) is 0.552. The number of hydrogen-bond donors (Lipinski definition) is 4. The van der Waals surface area contributed by atoms with Gasteiger partial charge in [-0.05, 0) is 30.3 Å². The van der Waals surface area contributed by atoms with Gasteiger partial charge in [-0.3, -0.25) is 4.79 Å². The van der Waals surface area contributed by atoms with Crippen LogP contribution in [0, 0.1) is 0 Å². The number of benzene rings is 1. The highest BCUT2D eigenvalue weighted by Gasteiger charge is 2.11. The first-order chi connectivity index (χ1) is 9.60. The van der Waals surface area contributed by atoms with E-state index in [4.69, 9.17) is 15.9 Å². The summed E-state index contributed by atoms with van der Waals surface area (Å²) in [7, 11) is 0. The van der Waals surface area contributed by atoms with Crippen LogP contribution in [0.5, 0.6) is 0 Å². The van der Waals surface area contributed by atoms with E-state index in [9.17, 15) is 4.79 Å². The van der Waals surface area contributed by atoms with Gasteiger partial charge in [-0.25, -0.2) is 4.68 Å². The van der Waals surface area contributed by atoms with E-state index in [1.807, 2.05) is 0 Å². The number of nitrogens with two attached hydrogens (primary N) is 1. The molecule has 0 saturated heterocycles. The third-order valence-corrected chi connectivity index (χ3v) is 2.69. The van der Waals surface area contributed by atoms with Crippen molar-refractivity contribution in [3.63, 3.8) is 0 Å². The van der Waals surface area contributed by atoms with Crippen molar-refractivity contribution in [2.24, 2.45) is 0 Å². The van der Waals surface area contributed by atoms with Gasteiger partial charge in [0.15, 0.2) is 5.69 Å². The predicted molar refractivity (Wildman–Crippen MR) is 73.4 cm³/mol. The number of aromatic nitrogens is 2. The minimum atomic E-state index is -0.974. The minimum absolute atomic E-state index is 0.0237. The standard InChI is InChI=1S/C13H16N4O3/c14-9-1-3-10(4-2-9)17-6-5-12(16-17)13(20)15-7-11(19)8-18/h1-6,11,18-19H,7-8,14H2,(H,15,20). The number of carbonyl (C=O) groups is 1. The largest absolute Gasteiger partial charge is 0.399 e. The summed E-state index contributed by atoms with van der Waals surface area (Å²) >= 11 is 0. The van der Waals surface area contributed by atoms with E-state index in [0.717, 1.165) is 5.69 Å². The molecule has 0 saturated carbocycles. The molecular formula is C13H16N4O3. The molecule has 1 atom stereocenters. The molecule has 0 bridgehead atoms. The van der Waals surface area contributed by atoms with Crippen LogP contribution < -0.4 is 11.1 Å². The lowest BCUT2D eigenvalue weighted by molar-refractivity contribution is 0.0798. The first-order valence-electron chi connectivity index (χ1n) is 6.09. The highest BCUT2D eigenvalue weighted by atomic mass is 16.3. The van der Waals surface area contributed by atoms with Crippen LogP contribution >= 0.6 is 0 Å². The number of hydrogen-bond acceptors (Lipinski definition) is 5. The van der Waals surface area contributed by atoms with Gasteiger partial charge in [-0.2, -0.15) is 5.10 Å². The Morgan fingerprint density at radius 2 is 2.05 bits per heavy atom. The maximum Gasteiger partial charge on any atom is 0.271 e. The van der Waals surface area contributed by atoms with E-state index in [0.29, 0.717) is 5.69 Å². The molecule has 0 aliphatic rings. The van der Waals surface area contributed by atoms with Crippen molar-refractivity contribution < 1.29 is 15.0 Å². The van der Waals surface area contributed by atoms with E-state index < -0.39 is 18.6 Å². The van der Waals surface area contributed by atoms with E-state index in [1.165, 1.54) is 0 Å². The number of rotatable bonds is 5. The molecule has 20 heavy (non-hydrogen) atoms. The van der Waals surface area contributed by atoms with Gasteiger partial charge in [0.05, 0.1) is 18.4 Å². The lowest BCUT2D eigenvalue weighted by atomic mass is 10.3. The molecule has 1 aromatic carbocycles. The molecule has 0 aliphatic heterocycles. The molecule has 1 aromatic heterocycles. The summed E-state index contributed by atoms with van der Waals surface area (Å²) in [6, 6.07) is 8.64. The fourth-order valence-electron chi connectivity index (χ4n) is 1.58. The van der Waals surface area contributed by atoms with Crippen LogP contribution in [-0.2, 0) is 0 Å². The molecule has 0 fully saturated rings. The third-order valence-electron chi connectivity index (χ3n) is 2.69. The van der Waals surface area contributed by atoms with Crippen molar-refractivity contribution in [1.29, 1.82) is 0 Å². The molecule has 2 rings (SSSR count). The maximum atomic E-state index is 11.8. The first kappa shape index (κ1) is 14.0. The molecule has 1 heterocycles. The zero-order valence-electron chi connectivity index (χ0n) is 10.7. The fourth-order valence-corrected chi connectivity index (χ4v) is 1.58. The Kier molecular flexibility index (Phi) is 4.34. The summed E-state index contributed by atoms with van der Waals surface area (Å²) in [5, 5.41) is 24.4. The Balaban J connectivity index is 2.05. The van der Waals surface area contributed by atoms with Crippen LogP contribution in [0.25, 0.3) is 5.69 Å². The van der Waals surface area contributed by atoms with Crippen LogP contribution in [0.2, 0.25) is 0 Å². The second-order valence-corrected chi connectivity index (χ2v) is 4.28. The van der Waals surface area contributed by atoms with Crippen LogP contribution in [0.4, 0.5) is 5.69 Å². The Morgan fingerprint density at radius 1 is 1.35 bits per heavy atom. The number of nitrogens with zero attached hydrogens (tertiary/aromatic N) is 2. The highest BCUT2D eigenvalue weighted by molar-refractivity contribution is 5.92. The summed E-state index contributed by atoms with van der Waals surface area (Å²) in [5.74, 6) is -0.410. The third kappa shape index (κ3) is 3.34. The average Bonchev–Trinajstić information content (AvgIpc) is 2.95. The Morgan fingerprint density at radius 3 is 2.70 bits per heavy atom. The van der Waals surface area contributed by atoms with Crippen molar-refractivity contribution in [2.45, 2.75) is 6.10 Å². The maximum absolute atomic E-state index is 11.8. The van der Waals surface area contributed by atoms with Crippen molar-refractivity contribution >= 4 is 11.6 Å². The van der Waals surface area contributed by atoms with E-state index >= 15 is 0 Å². The number of carbonyl (C=O) groups excluding carboxylic acids is 1. The van der Waals surface area contributed by atoms with Gasteiger partial charge in [-0.1, -0.05) is 0 Å². The van der Waals surface area contributed by atoms with Crippen molar-refractivity contribution in [3.8, 4) is 5.69 Å². The molecule has 0 radical (unpaired) electrons. The van der Waals surface area contributed by atoms with E-state index in [-0.39, 0.29) is 12.2 Å². The lowest BCUT2D eigenvalue weighted by Gasteiger charge is -2.07. The molecular weight excluding hydrogens is 260 g/mol. The molecule has 2 aromatic rings. The zero-order chi connectivity index (χ0) is 14.5. The number of aliphatic hydroxyl groups excluding tert-OH is 2. The second kappa shape index (κ2) is 6.18. The second-order valence-electron chi connectivity index (χ2n) is 4.28. The topological polar surface area (TPSA) is 113 Å². The Bertz CT molecular complexity index is 580. The fraction of sp³-hybridized carbons (Fsp3) is 0.231. The Labute approximate surface area is 115 Å². The van der Waals surface area contributed by atoms with Crippen LogP contribution in [-0.4, -0.2) is 45.2 Å². The summed E-state index contributed by atoms with van der Waals surface area (Å²) in [6.45, 7) is -0.426. The Hall–Kier alpha value is -2.38. The highest BCUT2D eigenvalue weighted by Crippen LogP contribution is 2.10. The van der Waals surface area contributed by atoms with Gasteiger partial charge < -0.3 is 21.3 Å². The van der Waals surface area contributed by atoms with E-state index in [2.05, 4.69) is 10.4 Å². The molecule has 0 spiro atoms. The summed E-state index contributed by atoms with van der Waals surface area (Å²) in [5.41, 5.74) is 7.27. The monoisotopic (exact) mass is 276 g/mol. The van der Waals surface area contributed by atoms with Gasteiger partial charge >= 0.3 is 0 Å². The summed E-state index contributed by atoms with van der Waals surface area (Å²) in [6.07, 6.45) is 0.682. The molecule has 5 N–H and O–H groups in total. The molecule has 1 unspecified atom stereocenters. The van der Waals surface area contributed by atoms with Crippen molar-refractivity contribution in [2.75, 3.05) is 18.9 Å². The smallest absolute Gasteiger partial charge is 0.271 e. The number of anilines is 1. The SMILES string of the molecule is Nc1ccc(-n2ccc(C(=O)NCC(O)CO)n2)cc1. The van der Waals surface area contributed by atoms with Gasteiger partial charge in [-0.15, -0.1) is 0 Å². The minimum Gasteiger partial charge on any atom is -0.399 e. The summed E-state index contributed by atoms with van der Waals surface area (Å²) in [4.78, 5) is 11.8. The predicted octanol–water partition coefficient (Wildman–Crippen LogP) is -0.463. The van der Waals surface area contributed by atoms with Crippen LogP contribution in [0.1, 0.15) is 10.5 Å². The average molecular weight is 276 g/mol. The number of amides is 1.